The summed E-state index contributed by atoms with van der Waals surface area (Å²) in [5, 5.41) is 3.29. The first kappa shape index (κ1) is 18.9. The molecule has 5 nitrogen and oxygen atoms in total. The van der Waals surface area contributed by atoms with Crippen LogP contribution in [0.15, 0.2) is 0 Å². The third-order valence-corrected chi connectivity index (χ3v) is 6.00. The molecular formula is C15H33N3O2S. The Morgan fingerprint density at radius 1 is 1.19 bits per heavy atom. The molecule has 6 heteroatoms. The van der Waals surface area contributed by atoms with E-state index in [-0.39, 0.29) is 6.04 Å². The van der Waals surface area contributed by atoms with E-state index in [0.717, 1.165) is 45.2 Å². The Hall–Kier alpha value is -0.170. The Labute approximate surface area is 131 Å². The van der Waals surface area contributed by atoms with E-state index in [0.29, 0.717) is 18.4 Å². The lowest BCUT2D eigenvalue weighted by Crippen LogP contribution is -2.48. The van der Waals surface area contributed by atoms with E-state index in [1.165, 1.54) is 4.31 Å². The van der Waals surface area contributed by atoms with E-state index in [4.69, 9.17) is 0 Å². The molecule has 0 aromatic rings. The van der Waals surface area contributed by atoms with E-state index in [9.17, 15) is 8.42 Å². The largest absolute Gasteiger partial charge is 0.317 e. The lowest BCUT2D eigenvalue weighted by atomic mass is 9.80. The highest BCUT2D eigenvalue weighted by atomic mass is 32.2. The summed E-state index contributed by atoms with van der Waals surface area (Å²) in [5.41, 5.74) is 0. The molecule has 0 spiro atoms. The molecule has 1 rings (SSSR count). The summed E-state index contributed by atoms with van der Waals surface area (Å²) in [6.45, 7) is 8.94. The Morgan fingerprint density at radius 2 is 1.90 bits per heavy atom. The Balaban J connectivity index is 2.37. The predicted octanol–water partition coefficient (Wildman–Crippen LogP) is 1.97. The summed E-state index contributed by atoms with van der Waals surface area (Å²) in [6, 6.07) is 0.0897. The van der Waals surface area contributed by atoms with Crippen LogP contribution in [0.4, 0.5) is 0 Å². The molecule has 0 aromatic heterocycles. The third-order valence-electron chi connectivity index (χ3n) is 4.40. The molecule has 0 bridgehead atoms. The fourth-order valence-corrected chi connectivity index (χ4v) is 4.25. The second kappa shape index (κ2) is 9.08. The van der Waals surface area contributed by atoms with Gasteiger partial charge in [0.25, 0.3) is 10.2 Å². The number of hydrogen-bond acceptors (Lipinski definition) is 3. The lowest BCUT2D eigenvalue weighted by Gasteiger charge is -2.34. The van der Waals surface area contributed by atoms with Crippen molar-refractivity contribution >= 4 is 10.2 Å². The molecule has 1 saturated carbocycles. The number of rotatable bonds is 9. The summed E-state index contributed by atoms with van der Waals surface area (Å²) in [4.78, 5) is 0. The molecule has 0 aromatic carbocycles. The van der Waals surface area contributed by atoms with Gasteiger partial charge in [0.1, 0.15) is 0 Å². The van der Waals surface area contributed by atoms with Crippen molar-refractivity contribution in [3.8, 4) is 0 Å². The highest BCUT2D eigenvalue weighted by molar-refractivity contribution is 7.87. The Morgan fingerprint density at radius 3 is 2.52 bits per heavy atom. The maximum Gasteiger partial charge on any atom is 0.279 e. The summed E-state index contributed by atoms with van der Waals surface area (Å²) in [6.07, 6.45) is 5.12. The molecule has 1 aliphatic carbocycles. The van der Waals surface area contributed by atoms with Crippen molar-refractivity contribution in [1.82, 2.24) is 14.3 Å². The standard InChI is InChI=1S/C15H33N3O2S/c1-5-9-16-10-6-11-18(4)21(19,20)17-15-8-7-13(2)12-14(15)3/h13-17H,5-12H2,1-4H3. The summed E-state index contributed by atoms with van der Waals surface area (Å²) < 4.78 is 29.0. The van der Waals surface area contributed by atoms with E-state index in [1.54, 1.807) is 7.05 Å². The van der Waals surface area contributed by atoms with E-state index in [2.05, 4.69) is 30.8 Å². The zero-order valence-corrected chi connectivity index (χ0v) is 14.9. The monoisotopic (exact) mass is 319 g/mol. The van der Waals surface area contributed by atoms with Gasteiger partial charge in [-0.3, -0.25) is 0 Å². The van der Waals surface area contributed by atoms with Crippen LogP contribution >= 0.6 is 0 Å². The molecule has 0 aliphatic heterocycles. The van der Waals surface area contributed by atoms with Crippen LogP contribution in [-0.4, -0.2) is 45.4 Å². The molecule has 1 aliphatic rings. The van der Waals surface area contributed by atoms with Crippen LogP contribution in [-0.2, 0) is 10.2 Å². The van der Waals surface area contributed by atoms with Gasteiger partial charge in [-0.15, -0.1) is 0 Å². The Bertz CT molecular complexity index is 386. The SMILES string of the molecule is CCCNCCCN(C)S(=O)(=O)NC1CCC(C)CC1C. The minimum absolute atomic E-state index is 0.0897. The van der Waals surface area contributed by atoms with Crippen molar-refractivity contribution in [3.05, 3.63) is 0 Å². The molecule has 126 valence electrons. The van der Waals surface area contributed by atoms with Crippen molar-refractivity contribution in [2.24, 2.45) is 11.8 Å². The fraction of sp³-hybridized carbons (Fsp3) is 1.00. The van der Waals surface area contributed by atoms with E-state index < -0.39 is 10.2 Å². The van der Waals surface area contributed by atoms with Gasteiger partial charge in [0.2, 0.25) is 0 Å². The van der Waals surface area contributed by atoms with Crippen LogP contribution in [0.25, 0.3) is 0 Å². The summed E-state index contributed by atoms with van der Waals surface area (Å²) in [7, 11) is -1.68. The number of hydrogen-bond donors (Lipinski definition) is 2. The number of nitrogens with zero attached hydrogens (tertiary/aromatic N) is 1. The van der Waals surface area contributed by atoms with Gasteiger partial charge in [0, 0.05) is 19.6 Å². The van der Waals surface area contributed by atoms with Crippen LogP contribution in [0.5, 0.6) is 0 Å². The molecule has 1 fully saturated rings. The van der Waals surface area contributed by atoms with Gasteiger partial charge in [-0.2, -0.15) is 17.4 Å². The van der Waals surface area contributed by atoms with Crippen LogP contribution in [0, 0.1) is 11.8 Å². The van der Waals surface area contributed by atoms with Gasteiger partial charge >= 0.3 is 0 Å². The second-order valence-corrected chi connectivity index (χ2v) is 8.36. The molecule has 0 amide bonds. The minimum atomic E-state index is -3.35. The smallest absolute Gasteiger partial charge is 0.279 e. The summed E-state index contributed by atoms with van der Waals surface area (Å²) >= 11 is 0. The van der Waals surface area contributed by atoms with Crippen LogP contribution in [0.3, 0.4) is 0 Å². The average Bonchev–Trinajstić information content (AvgIpc) is 2.41. The first-order valence-corrected chi connectivity index (χ1v) is 9.75. The highest BCUT2D eigenvalue weighted by Crippen LogP contribution is 2.29. The van der Waals surface area contributed by atoms with Gasteiger partial charge in [-0.25, -0.2) is 0 Å². The highest BCUT2D eigenvalue weighted by Gasteiger charge is 2.30. The van der Waals surface area contributed by atoms with Crippen LogP contribution in [0.1, 0.15) is 52.9 Å². The van der Waals surface area contributed by atoms with Crippen molar-refractivity contribution < 1.29 is 8.42 Å². The zero-order chi connectivity index (χ0) is 15.9. The van der Waals surface area contributed by atoms with Gasteiger partial charge in [-0.1, -0.05) is 20.8 Å². The first-order chi connectivity index (χ1) is 9.86. The minimum Gasteiger partial charge on any atom is -0.317 e. The summed E-state index contributed by atoms with van der Waals surface area (Å²) in [5.74, 6) is 1.13. The average molecular weight is 320 g/mol. The van der Waals surface area contributed by atoms with Crippen LogP contribution in [0.2, 0.25) is 0 Å². The van der Waals surface area contributed by atoms with Gasteiger partial charge in [-0.05, 0) is 57.0 Å². The Kier molecular flexibility index (Phi) is 8.16. The van der Waals surface area contributed by atoms with Crippen molar-refractivity contribution in [2.45, 2.75) is 58.9 Å². The topological polar surface area (TPSA) is 61.4 Å². The molecule has 3 atom stereocenters. The molecule has 0 heterocycles. The molecule has 0 saturated heterocycles. The maximum absolute atomic E-state index is 12.3. The van der Waals surface area contributed by atoms with Crippen molar-refractivity contribution in [2.75, 3.05) is 26.7 Å². The fourth-order valence-electron chi connectivity index (χ4n) is 2.97. The van der Waals surface area contributed by atoms with Gasteiger partial charge in [0.15, 0.2) is 0 Å². The first-order valence-electron chi connectivity index (χ1n) is 8.31. The van der Waals surface area contributed by atoms with Crippen LogP contribution < -0.4 is 10.0 Å². The van der Waals surface area contributed by atoms with Gasteiger partial charge < -0.3 is 5.32 Å². The molecule has 21 heavy (non-hydrogen) atoms. The van der Waals surface area contributed by atoms with Crippen molar-refractivity contribution in [1.29, 1.82) is 0 Å². The molecular weight excluding hydrogens is 286 g/mol. The van der Waals surface area contributed by atoms with E-state index in [1.807, 2.05) is 0 Å². The molecule has 3 unspecified atom stereocenters. The molecule has 0 radical (unpaired) electrons. The second-order valence-electron chi connectivity index (χ2n) is 6.55. The number of nitrogens with one attached hydrogen (secondary N) is 2. The third kappa shape index (κ3) is 6.63. The maximum atomic E-state index is 12.3. The molecule has 2 N–H and O–H groups in total. The lowest BCUT2D eigenvalue weighted by molar-refractivity contribution is 0.246. The normalized spacial score (nSPS) is 27.2. The van der Waals surface area contributed by atoms with E-state index >= 15 is 0 Å². The quantitative estimate of drug-likeness (QED) is 0.639. The zero-order valence-electron chi connectivity index (χ0n) is 14.1. The van der Waals surface area contributed by atoms with Gasteiger partial charge in [0.05, 0.1) is 0 Å². The van der Waals surface area contributed by atoms with Crippen molar-refractivity contribution in [3.63, 3.8) is 0 Å². The predicted molar refractivity (Wildman–Crippen MR) is 88.4 cm³/mol.